The van der Waals surface area contributed by atoms with Crippen molar-refractivity contribution in [1.29, 1.82) is 0 Å². The molecule has 1 aromatic carbocycles. The largest absolute Gasteiger partial charge is 0.319 e. The van der Waals surface area contributed by atoms with Crippen LogP contribution in [0.3, 0.4) is 0 Å². The quantitative estimate of drug-likeness (QED) is 0.706. The van der Waals surface area contributed by atoms with Crippen LogP contribution in [0.4, 0.5) is 10.1 Å². The van der Waals surface area contributed by atoms with E-state index in [2.05, 4.69) is 10.4 Å². The fraction of sp³-hybridized carbons (Fsp3) is 0.316. The van der Waals surface area contributed by atoms with Crippen molar-refractivity contribution < 1.29 is 9.18 Å². The van der Waals surface area contributed by atoms with Crippen LogP contribution >= 0.6 is 11.6 Å². The average molecular weight is 373 g/mol. The van der Waals surface area contributed by atoms with Crippen LogP contribution in [0.25, 0.3) is 11.0 Å². The summed E-state index contributed by atoms with van der Waals surface area (Å²) in [7, 11) is 0. The lowest BCUT2D eigenvalue weighted by atomic mass is 10.1. The van der Waals surface area contributed by atoms with Crippen LogP contribution in [0.1, 0.15) is 54.7 Å². The Morgan fingerprint density at radius 1 is 1.35 bits per heavy atom. The minimum atomic E-state index is -0.534. The maximum absolute atomic E-state index is 14.0. The maximum Gasteiger partial charge on any atom is 0.256 e. The van der Waals surface area contributed by atoms with Gasteiger partial charge in [-0.25, -0.2) is 14.1 Å². The van der Waals surface area contributed by atoms with Crippen LogP contribution in [0.2, 0.25) is 5.02 Å². The monoisotopic (exact) mass is 372 g/mol. The summed E-state index contributed by atoms with van der Waals surface area (Å²) < 4.78 is 15.8. The summed E-state index contributed by atoms with van der Waals surface area (Å²) in [6.07, 6.45) is 3.78. The van der Waals surface area contributed by atoms with E-state index < -0.39 is 11.7 Å². The number of fused-ring (bicyclic) bond motifs is 1. The number of anilines is 1. The molecule has 1 aliphatic rings. The Morgan fingerprint density at radius 3 is 2.81 bits per heavy atom. The van der Waals surface area contributed by atoms with Gasteiger partial charge in [0.1, 0.15) is 5.82 Å². The van der Waals surface area contributed by atoms with Gasteiger partial charge in [0, 0.05) is 22.7 Å². The molecule has 7 heteroatoms. The molecule has 1 fully saturated rings. The third-order valence-corrected chi connectivity index (χ3v) is 4.73. The van der Waals surface area contributed by atoms with E-state index in [-0.39, 0.29) is 11.7 Å². The molecule has 5 nitrogen and oxygen atoms in total. The molecule has 0 aliphatic heterocycles. The number of hydrogen-bond acceptors (Lipinski definition) is 3. The lowest BCUT2D eigenvalue weighted by molar-refractivity contribution is 0.102. The number of halogens is 2. The lowest BCUT2D eigenvalue weighted by Crippen LogP contribution is -2.14. The molecule has 0 radical (unpaired) electrons. The fourth-order valence-electron chi connectivity index (χ4n) is 2.97. The van der Waals surface area contributed by atoms with Gasteiger partial charge in [-0.2, -0.15) is 5.10 Å². The highest BCUT2D eigenvalue weighted by Crippen LogP contribution is 2.40. The number of nitrogens with zero attached hydrogens (tertiary/aromatic N) is 3. The molecule has 4 rings (SSSR count). The second-order valence-electron chi connectivity index (χ2n) is 6.87. The second kappa shape index (κ2) is 6.36. The fourth-order valence-corrected chi connectivity index (χ4v) is 3.15. The summed E-state index contributed by atoms with van der Waals surface area (Å²) in [6.45, 7) is 4.03. The molecule has 1 aliphatic carbocycles. The second-order valence-corrected chi connectivity index (χ2v) is 7.30. The Hall–Kier alpha value is -2.47. The van der Waals surface area contributed by atoms with Crippen molar-refractivity contribution in [2.24, 2.45) is 0 Å². The zero-order valence-corrected chi connectivity index (χ0v) is 15.2. The molecule has 1 amide bonds. The van der Waals surface area contributed by atoms with Crippen molar-refractivity contribution in [2.75, 3.05) is 5.32 Å². The third-order valence-electron chi connectivity index (χ3n) is 4.49. The van der Waals surface area contributed by atoms with Crippen molar-refractivity contribution in [3.05, 3.63) is 52.6 Å². The molecule has 134 valence electrons. The highest BCUT2D eigenvalue weighted by atomic mass is 35.5. The van der Waals surface area contributed by atoms with E-state index in [1.165, 1.54) is 18.2 Å². The Kier molecular flexibility index (Phi) is 4.15. The van der Waals surface area contributed by atoms with Gasteiger partial charge in [0.15, 0.2) is 5.65 Å². The zero-order valence-electron chi connectivity index (χ0n) is 14.5. The van der Waals surface area contributed by atoms with Crippen molar-refractivity contribution >= 4 is 34.2 Å². The van der Waals surface area contributed by atoms with E-state index >= 15 is 0 Å². The van der Waals surface area contributed by atoms with E-state index in [1.807, 2.05) is 13.8 Å². The number of benzene rings is 1. The summed E-state index contributed by atoms with van der Waals surface area (Å²) >= 11 is 5.91. The molecule has 1 saturated carbocycles. The van der Waals surface area contributed by atoms with Gasteiger partial charge in [-0.15, -0.1) is 0 Å². The SMILES string of the molecule is CC(C)n1ncc2c(C(=O)Nc3cc(Cl)ccc3F)cc(C3CC3)nc21. The van der Waals surface area contributed by atoms with Crippen molar-refractivity contribution in [2.45, 2.75) is 38.6 Å². The highest BCUT2D eigenvalue weighted by Gasteiger charge is 2.28. The van der Waals surface area contributed by atoms with Crippen LogP contribution in [-0.2, 0) is 0 Å². The van der Waals surface area contributed by atoms with Crippen LogP contribution in [0, 0.1) is 5.82 Å². The Bertz CT molecular complexity index is 1010. The number of nitrogens with one attached hydrogen (secondary N) is 1. The Labute approximate surface area is 155 Å². The summed E-state index contributed by atoms with van der Waals surface area (Å²) in [5.41, 5.74) is 2.07. The first-order valence-electron chi connectivity index (χ1n) is 8.58. The summed E-state index contributed by atoms with van der Waals surface area (Å²) in [5.74, 6) is -0.554. The van der Waals surface area contributed by atoms with Crippen LogP contribution in [0.15, 0.2) is 30.5 Å². The van der Waals surface area contributed by atoms with Gasteiger partial charge in [-0.05, 0) is 51.0 Å². The lowest BCUT2D eigenvalue weighted by Gasteiger charge is -2.11. The average Bonchev–Trinajstić information content (AvgIpc) is 3.36. The zero-order chi connectivity index (χ0) is 18.4. The number of amides is 1. The highest BCUT2D eigenvalue weighted by molar-refractivity contribution is 6.31. The van der Waals surface area contributed by atoms with Crippen molar-refractivity contribution in [1.82, 2.24) is 14.8 Å². The molecule has 0 spiro atoms. The summed E-state index contributed by atoms with van der Waals surface area (Å²) in [6, 6.07) is 5.98. The normalized spacial score (nSPS) is 14.2. The predicted molar refractivity (Wildman–Crippen MR) is 99.3 cm³/mol. The maximum atomic E-state index is 14.0. The number of aromatic nitrogens is 3. The number of rotatable bonds is 4. The molecule has 0 bridgehead atoms. The molecular formula is C19H18ClFN4O. The van der Waals surface area contributed by atoms with Gasteiger partial charge < -0.3 is 5.32 Å². The molecule has 0 saturated heterocycles. The molecular weight excluding hydrogens is 355 g/mol. The number of carbonyl (C=O) groups is 1. The first-order chi connectivity index (χ1) is 12.4. The van der Waals surface area contributed by atoms with Gasteiger partial charge in [0.05, 0.1) is 22.8 Å². The van der Waals surface area contributed by atoms with Crippen LogP contribution in [0.5, 0.6) is 0 Å². The number of carbonyl (C=O) groups excluding carboxylic acids is 1. The smallest absolute Gasteiger partial charge is 0.256 e. The minimum absolute atomic E-state index is 0.0525. The van der Waals surface area contributed by atoms with E-state index in [4.69, 9.17) is 16.6 Å². The number of hydrogen-bond donors (Lipinski definition) is 1. The van der Waals surface area contributed by atoms with Crippen molar-refractivity contribution in [3.63, 3.8) is 0 Å². The standard InChI is InChI=1S/C19H18ClFN4O/c1-10(2)25-18-14(9-22-25)13(8-16(23-18)11-3-4-11)19(26)24-17-7-12(20)5-6-15(17)21/h5-11H,3-4H2,1-2H3,(H,24,26). The predicted octanol–water partition coefficient (Wildman–Crippen LogP) is 4.93. The minimum Gasteiger partial charge on any atom is -0.319 e. The van der Waals surface area contributed by atoms with E-state index in [1.54, 1.807) is 16.9 Å². The summed E-state index contributed by atoms with van der Waals surface area (Å²) in [4.78, 5) is 17.6. The molecule has 2 heterocycles. The molecule has 2 aromatic heterocycles. The van der Waals surface area contributed by atoms with Crippen LogP contribution in [-0.4, -0.2) is 20.7 Å². The topological polar surface area (TPSA) is 59.8 Å². The van der Waals surface area contributed by atoms with Gasteiger partial charge >= 0.3 is 0 Å². The Morgan fingerprint density at radius 2 is 2.12 bits per heavy atom. The summed E-state index contributed by atoms with van der Waals surface area (Å²) in [5, 5.41) is 8.01. The Balaban J connectivity index is 1.79. The molecule has 1 N–H and O–H groups in total. The molecule has 3 aromatic rings. The van der Waals surface area contributed by atoms with Gasteiger partial charge in [-0.3, -0.25) is 4.79 Å². The van der Waals surface area contributed by atoms with Gasteiger partial charge in [0.2, 0.25) is 0 Å². The van der Waals surface area contributed by atoms with E-state index in [0.29, 0.717) is 27.5 Å². The third kappa shape index (κ3) is 3.05. The van der Waals surface area contributed by atoms with Gasteiger partial charge in [0.25, 0.3) is 5.91 Å². The molecule has 0 unspecified atom stereocenters. The first-order valence-corrected chi connectivity index (χ1v) is 8.96. The molecule has 26 heavy (non-hydrogen) atoms. The molecule has 0 atom stereocenters. The first kappa shape index (κ1) is 17.0. The van der Waals surface area contributed by atoms with E-state index in [9.17, 15) is 9.18 Å². The van der Waals surface area contributed by atoms with Crippen molar-refractivity contribution in [3.8, 4) is 0 Å². The van der Waals surface area contributed by atoms with Crippen LogP contribution < -0.4 is 5.32 Å². The van der Waals surface area contributed by atoms with Gasteiger partial charge in [-0.1, -0.05) is 11.6 Å². The van der Waals surface area contributed by atoms with E-state index in [0.717, 1.165) is 18.5 Å². The number of pyridine rings is 1.